The lowest BCUT2D eigenvalue weighted by atomic mass is 9.98. The highest BCUT2D eigenvalue weighted by Gasteiger charge is 2.27. The van der Waals surface area contributed by atoms with Gasteiger partial charge in [0.25, 0.3) is 5.91 Å². The number of methoxy groups -OCH3 is 1. The van der Waals surface area contributed by atoms with Gasteiger partial charge in [-0.25, -0.2) is 4.39 Å². The first-order valence-corrected chi connectivity index (χ1v) is 8.33. The molecule has 0 unspecified atom stereocenters. The van der Waals surface area contributed by atoms with Crippen LogP contribution in [0.5, 0.6) is 5.75 Å². The molecule has 132 valence electrons. The maximum atomic E-state index is 15.2. The Morgan fingerprint density at radius 3 is 2.64 bits per heavy atom. The molecule has 0 atom stereocenters. The SMILES string of the molecule is COc1ccccc1-c1c(Cl)cc(C(N)=O)c(F)c1N1CCNCC1. The Bertz CT molecular complexity index is 807. The zero-order chi connectivity index (χ0) is 18.0. The number of primary amides is 1. The summed E-state index contributed by atoms with van der Waals surface area (Å²) in [5, 5.41) is 3.48. The average Bonchev–Trinajstić information content (AvgIpc) is 2.63. The van der Waals surface area contributed by atoms with Gasteiger partial charge in [-0.2, -0.15) is 0 Å². The van der Waals surface area contributed by atoms with E-state index in [2.05, 4.69) is 5.32 Å². The molecule has 1 aliphatic heterocycles. The Kier molecular flexibility index (Phi) is 5.11. The third-order valence-corrected chi connectivity index (χ3v) is 4.56. The van der Waals surface area contributed by atoms with E-state index in [0.29, 0.717) is 43.1 Å². The van der Waals surface area contributed by atoms with Gasteiger partial charge in [0.05, 0.1) is 23.4 Å². The topological polar surface area (TPSA) is 67.6 Å². The van der Waals surface area contributed by atoms with Crippen LogP contribution >= 0.6 is 11.6 Å². The number of nitrogens with one attached hydrogen (secondary N) is 1. The van der Waals surface area contributed by atoms with Gasteiger partial charge < -0.3 is 20.7 Å². The third kappa shape index (κ3) is 3.27. The first-order valence-electron chi connectivity index (χ1n) is 7.95. The summed E-state index contributed by atoms with van der Waals surface area (Å²) in [4.78, 5) is 13.5. The number of nitrogens with two attached hydrogens (primary N) is 1. The number of amides is 1. The lowest BCUT2D eigenvalue weighted by Gasteiger charge is -2.32. The number of ether oxygens (including phenoxy) is 1. The summed E-state index contributed by atoms with van der Waals surface area (Å²) in [5.74, 6) is -0.922. The summed E-state index contributed by atoms with van der Waals surface area (Å²) in [6, 6.07) is 8.54. The van der Waals surface area contributed by atoms with Crippen molar-refractivity contribution in [3.8, 4) is 16.9 Å². The highest BCUT2D eigenvalue weighted by molar-refractivity contribution is 6.34. The standard InChI is InChI=1S/C18H19ClFN3O2/c1-25-14-5-3-2-4-11(14)15-13(19)10-12(18(21)24)16(20)17(15)23-8-6-22-7-9-23/h2-5,10,22H,6-9H2,1H3,(H2,21,24). The number of hydrogen-bond acceptors (Lipinski definition) is 4. The molecule has 0 aliphatic carbocycles. The highest BCUT2D eigenvalue weighted by atomic mass is 35.5. The number of benzene rings is 2. The molecule has 3 rings (SSSR count). The van der Waals surface area contributed by atoms with Crippen LogP contribution < -0.4 is 20.7 Å². The van der Waals surface area contributed by atoms with Gasteiger partial charge in [-0.1, -0.05) is 29.8 Å². The van der Waals surface area contributed by atoms with Crippen molar-refractivity contribution in [1.29, 1.82) is 0 Å². The molecule has 0 saturated carbocycles. The third-order valence-electron chi connectivity index (χ3n) is 4.27. The Morgan fingerprint density at radius 2 is 2.00 bits per heavy atom. The maximum Gasteiger partial charge on any atom is 0.251 e. The summed E-state index contributed by atoms with van der Waals surface area (Å²) < 4.78 is 20.6. The summed E-state index contributed by atoms with van der Waals surface area (Å²) in [6.07, 6.45) is 0. The Labute approximate surface area is 150 Å². The van der Waals surface area contributed by atoms with Crippen molar-refractivity contribution in [2.45, 2.75) is 0 Å². The van der Waals surface area contributed by atoms with Gasteiger partial charge in [-0.3, -0.25) is 4.79 Å². The second-order valence-corrected chi connectivity index (χ2v) is 6.15. The molecule has 1 saturated heterocycles. The molecule has 5 nitrogen and oxygen atoms in total. The lowest BCUT2D eigenvalue weighted by Crippen LogP contribution is -2.44. The van der Waals surface area contributed by atoms with Crippen LogP contribution in [-0.2, 0) is 0 Å². The Balaban J connectivity index is 2.29. The van der Waals surface area contributed by atoms with Crippen molar-refractivity contribution in [3.05, 3.63) is 46.7 Å². The summed E-state index contributed by atoms with van der Waals surface area (Å²) in [6.45, 7) is 2.61. The van der Waals surface area contributed by atoms with E-state index in [1.165, 1.54) is 6.07 Å². The molecule has 1 aliphatic rings. The van der Waals surface area contributed by atoms with E-state index < -0.39 is 11.7 Å². The van der Waals surface area contributed by atoms with E-state index >= 15 is 4.39 Å². The minimum absolute atomic E-state index is 0.211. The predicted octanol–water partition coefficient (Wildman–Crippen LogP) is 2.66. The lowest BCUT2D eigenvalue weighted by molar-refractivity contribution is 0.0996. The quantitative estimate of drug-likeness (QED) is 0.876. The molecule has 25 heavy (non-hydrogen) atoms. The molecule has 7 heteroatoms. The molecular formula is C18H19ClFN3O2. The molecule has 3 N–H and O–H groups in total. The van der Waals surface area contributed by atoms with Crippen LogP contribution in [0.4, 0.5) is 10.1 Å². The monoisotopic (exact) mass is 363 g/mol. The van der Waals surface area contributed by atoms with Crippen LogP contribution in [0.3, 0.4) is 0 Å². The average molecular weight is 364 g/mol. The number of carbonyl (C=O) groups is 1. The summed E-state index contributed by atoms with van der Waals surface area (Å²) in [7, 11) is 1.55. The summed E-state index contributed by atoms with van der Waals surface area (Å²) >= 11 is 6.46. The van der Waals surface area contributed by atoms with Crippen molar-refractivity contribution < 1.29 is 13.9 Å². The summed E-state index contributed by atoms with van der Waals surface area (Å²) in [5.41, 5.74) is 6.58. The first-order chi connectivity index (χ1) is 12.0. The molecule has 0 radical (unpaired) electrons. The minimum atomic E-state index is -0.845. The fourth-order valence-corrected chi connectivity index (χ4v) is 3.39. The molecule has 2 aromatic rings. The number of carbonyl (C=O) groups excluding carboxylic acids is 1. The van der Waals surface area contributed by atoms with Gasteiger partial charge in [-0.15, -0.1) is 0 Å². The van der Waals surface area contributed by atoms with E-state index in [9.17, 15) is 4.79 Å². The molecule has 1 heterocycles. The molecule has 2 aromatic carbocycles. The number of piperazine rings is 1. The van der Waals surface area contributed by atoms with E-state index in [1.807, 2.05) is 23.1 Å². The Hall–Kier alpha value is -2.31. The van der Waals surface area contributed by atoms with E-state index in [1.54, 1.807) is 13.2 Å². The van der Waals surface area contributed by atoms with Crippen LogP contribution in [0.15, 0.2) is 30.3 Å². The minimum Gasteiger partial charge on any atom is -0.496 e. The van der Waals surface area contributed by atoms with Crippen molar-refractivity contribution in [3.63, 3.8) is 0 Å². The smallest absolute Gasteiger partial charge is 0.251 e. The highest BCUT2D eigenvalue weighted by Crippen LogP contribution is 2.44. The van der Waals surface area contributed by atoms with Crippen molar-refractivity contribution >= 4 is 23.2 Å². The number of rotatable bonds is 4. The normalized spacial score (nSPS) is 14.4. The van der Waals surface area contributed by atoms with Gasteiger partial charge in [0.1, 0.15) is 5.75 Å². The van der Waals surface area contributed by atoms with Gasteiger partial charge in [0, 0.05) is 37.3 Å². The van der Waals surface area contributed by atoms with E-state index in [4.69, 9.17) is 22.1 Å². The number of hydrogen-bond donors (Lipinski definition) is 2. The number of nitrogens with zero attached hydrogens (tertiary/aromatic N) is 1. The molecule has 0 aromatic heterocycles. The van der Waals surface area contributed by atoms with Crippen molar-refractivity contribution in [1.82, 2.24) is 5.32 Å². The van der Waals surface area contributed by atoms with Gasteiger partial charge >= 0.3 is 0 Å². The second kappa shape index (κ2) is 7.29. The first kappa shape index (κ1) is 17.5. The Morgan fingerprint density at radius 1 is 1.32 bits per heavy atom. The van der Waals surface area contributed by atoms with Crippen molar-refractivity contribution in [2.24, 2.45) is 5.73 Å². The van der Waals surface area contributed by atoms with Gasteiger partial charge in [-0.05, 0) is 12.1 Å². The molecular weight excluding hydrogens is 345 g/mol. The number of anilines is 1. The van der Waals surface area contributed by atoms with Crippen LogP contribution in [0.2, 0.25) is 5.02 Å². The zero-order valence-electron chi connectivity index (χ0n) is 13.8. The zero-order valence-corrected chi connectivity index (χ0v) is 14.6. The van der Waals surface area contributed by atoms with E-state index in [-0.39, 0.29) is 16.3 Å². The second-order valence-electron chi connectivity index (χ2n) is 5.75. The molecule has 0 bridgehead atoms. The largest absolute Gasteiger partial charge is 0.496 e. The fraction of sp³-hybridized carbons (Fsp3) is 0.278. The molecule has 0 spiro atoms. The van der Waals surface area contributed by atoms with Crippen molar-refractivity contribution in [2.75, 3.05) is 38.2 Å². The molecule has 1 fully saturated rings. The fourth-order valence-electron chi connectivity index (χ4n) is 3.08. The van der Waals surface area contributed by atoms with Crippen LogP contribution in [-0.4, -0.2) is 39.2 Å². The van der Waals surface area contributed by atoms with E-state index in [0.717, 1.165) is 0 Å². The predicted molar refractivity (Wildman–Crippen MR) is 97.0 cm³/mol. The number of para-hydroxylation sites is 1. The number of halogens is 2. The maximum absolute atomic E-state index is 15.2. The van der Waals surface area contributed by atoms with Gasteiger partial charge in [0.15, 0.2) is 5.82 Å². The molecule has 1 amide bonds. The van der Waals surface area contributed by atoms with Crippen LogP contribution in [0.1, 0.15) is 10.4 Å². The van der Waals surface area contributed by atoms with Gasteiger partial charge in [0.2, 0.25) is 0 Å². The van der Waals surface area contributed by atoms with Crippen LogP contribution in [0, 0.1) is 5.82 Å². The van der Waals surface area contributed by atoms with Crippen LogP contribution in [0.25, 0.3) is 11.1 Å².